The van der Waals surface area contributed by atoms with Gasteiger partial charge in [0.05, 0.1) is 18.1 Å². The smallest absolute Gasteiger partial charge is 0.342 e. The van der Waals surface area contributed by atoms with Crippen LogP contribution in [0.1, 0.15) is 31.7 Å². The van der Waals surface area contributed by atoms with Crippen molar-refractivity contribution in [2.75, 3.05) is 7.11 Å². The van der Waals surface area contributed by atoms with Crippen LogP contribution in [0.2, 0.25) is 0 Å². The van der Waals surface area contributed by atoms with Crippen LogP contribution in [0.5, 0.6) is 11.5 Å². The molecule has 0 saturated carbocycles. The minimum Gasteiger partial charge on any atom is -0.495 e. The highest BCUT2D eigenvalue weighted by molar-refractivity contribution is 7.87. The third-order valence-electron chi connectivity index (χ3n) is 3.89. The third-order valence-corrected chi connectivity index (χ3v) is 5.16. The number of non-ortho nitro benzene ring substituents is 1. The predicted octanol–water partition coefficient (Wildman–Crippen LogP) is 3.88. The zero-order valence-corrected chi connectivity index (χ0v) is 14.9. The molecule has 0 radical (unpaired) electrons. The fourth-order valence-corrected chi connectivity index (χ4v) is 3.42. The second-order valence-electron chi connectivity index (χ2n) is 5.48. The molecule has 2 rings (SSSR count). The highest BCUT2D eigenvalue weighted by Gasteiger charge is 2.25. The van der Waals surface area contributed by atoms with E-state index in [0.29, 0.717) is 0 Å². The molecule has 0 aliphatic rings. The first-order chi connectivity index (χ1) is 11.8. The van der Waals surface area contributed by atoms with Crippen LogP contribution in [-0.4, -0.2) is 20.5 Å². The topological polar surface area (TPSA) is 95.7 Å². The lowest BCUT2D eigenvalue weighted by atomic mass is 9.98. The van der Waals surface area contributed by atoms with Crippen molar-refractivity contribution in [2.45, 2.75) is 31.1 Å². The van der Waals surface area contributed by atoms with E-state index in [-0.39, 0.29) is 28.0 Å². The van der Waals surface area contributed by atoms with Gasteiger partial charge in [-0.05, 0) is 30.0 Å². The number of benzene rings is 2. The second kappa shape index (κ2) is 7.52. The molecule has 1 unspecified atom stereocenters. The SMILES string of the molecule is CCC(C)c1ccccc1OS(=O)(=O)c1ccc([N+](=O)[O-])cc1OC. The molecule has 2 aromatic rings. The average Bonchev–Trinajstić information content (AvgIpc) is 2.60. The fourth-order valence-electron chi connectivity index (χ4n) is 2.32. The minimum absolute atomic E-state index is 0.116. The van der Waals surface area contributed by atoms with Crippen LogP contribution in [0.15, 0.2) is 47.4 Å². The summed E-state index contributed by atoms with van der Waals surface area (Å²) in [6.07, 6.45) is 0.821. The summed E-state index contributed by atoms with van der Waals surface area (Å²) in [5, 5.41) is 10.8. The van der Waals surface area contributed by atoms with Crippen LogP contribution < -0.4 is 8.92 Å². The number of nitrogens with zero attached hydrogens (tertiary/aromatic N) is 1. The Hall–Kier alpha value is -2.61. The van der Waals surface area contributed by atoms with E-state index in [1.165, 1.54) is 7.11 Å². The summed E-state index contributed by atoms with van der Waals surface area (Å²) >= 11 is 0. The van der Waals surface area contributed by atoms with Crippen LogP contribution in [0.25, 0.3) is 0 Å². The Morgan fingerprint density at radius 1 is 1.16 bits per heavy atom. The van der Waals surface area contributed by atoms with E-state index in [0.717, 1.165) is 30.2 Å². The van der Waals surface area contributed by atoms with Crippen LogP contribution in [0, 0.1) is 10.1 Å². The lowest BCUT2D eigenvalue weighted by molar-refractivity contribution is -0.385. The number of methoxy groups -OCH3 is 1. The van der Waals surface area contributed by atoms with Crippen molar-refractivity contribution in [3.8, 4) is 11.5 Å². The maximum atomic E-state index is 12.7. The Labute approximate surface area is 146 Å². The monoisotopic (exact) mass is 365 g/mol. The number of rotatable bonds is 7. The van der Waals surface area contributed by atoms with Gasteiger partial charge in [-0.25, -0.2) is 0 Å². The quantitative estimate of drug-likeness (QED) is 0.420. The van der Waals surface area contributed by atoms with Gasteiger partial charge in [-0.15, -0.1) is 0 Å². The van der Waals surface area contributed by atoms with E-state index in [4.69, 9.17) is 8.92 Å². The number of para-hydroxylation sites is 1. The van der Waals surface area contributed by atoms with Gasteiger partial charge < -0.3 is 8.92 Å². The maximum Gasteiger partial charge on any atom is 0.342 e. The van der Waals surface area contributed by atoms with Crippen molar-refractivity contribution in [2.24, 2.45) is 0 Å². The molecule has 0 aliphatic carbocycles. The molecule has 7 nitrogen and oxygen atoms in total. The number of hydrogen-bond acceptors (Lipinski definition) is 6. The molecule has 134 valence electrons. The van der Waals surface area contributed by atoms with Gasteiger partial charge in [-0.3, -0.25) is 10.1 Å². The lowest BCUT2D eigenvalue weighted by Crippen LogP contribution is -2.13. The van der Waals surface area contributed by atoms with Gasteiger partial charge in [-0.2, -0.15) is 8.42 Å². The summed E-state index contributed by atoms with van der Waals surface area (Å²) in [5.74, 6) is 0.206. The summed E-state index contributed by atoms with van der Waals surface area (Å²) in [4.78, 5) is 9.95. The molecule has 0 amide bonds. The van der Waals surface area contributed by atoms with Crippen molar-refractivity contribution in [1.82, 2.24) is 0 Å². The van der Waals surface area contributed by atoms with Crippen LogP contribution in [0.3, 0.4) is 0 Å². The Kier molecular flexibility index (Phi) is 5.63. The Balaban J connectivity index is 2.46. The van der Waals surface area contributed by atoms with Crippen molar-refractivity contribution in [3.63, 3.8) is 0 Å². The number of ether oxygens (including phenoxy) is 1. The molecule has 0 N–H and O–H groups in total. The van der Waals surface area contributed by atoms with Crippen LogP contribution >= 0.6 is 0 Å². The summed E-state index contributed by atoms with van der Waals surface area (Å²) < 4.78 is 35.6. The molecule has 0 spiro atoms. The van der Waals surface area contributed by atoms with Gasteiger partial charge in [0.1, 0.15) is 16.4 Å². The first-order valence-corrected chi connectivity index (χ1v) is 9.06. The van der Waals surface area contributed by atoms with E-state index < -0.39 is 15.0 Å². The maximum absolute atomic E-state index is 12.7. The first-order valence-electron chi connectivity index (χ1n) is 7.66. The number of hydrogen-bond donors (Lipinski definition) is 0. The predicted molar refractivity (Wildman–Crippen MR) is 92.6 cm³/mol. The largest absolute Gasteiger partial charge is 0.495 e. The summed E-state index contributed by atoms with van der Waals surface area (Å²) in [7, 11) is -2.97. The summed E-state index contributed by atoms with van der Waals surface area (Å²) in [5.41, 5.74) is 0.505. The lowest BCUT2D eigenvalue weighted by Gasteiger charge is -2.16. The molecule has 0 bridgehead atoms. The minimum atomic E-state index is -4.21. The summed E-state index contributed by atoms with van der Waals surface area (Å²) in [6, 6.07) is 10.1. The van der Waals surface area contributed by atoms with Crippen molar-refractivity contribution >= 4 is 15.8 Å². The molecular weight excluding hydrogens is 346 g/mol. The van der Waals surface area contributed by atoms with Gasteiger partial charge in [0, 0.05) is 6.07 Å². The molecule has 0 heterocycles. The second-order valence-corrected chi connectivity index (χ2v) is 6.99. The molecule has 2 aromatic carbocycles. The van der Waals surface area contributed by atoms with E-state index in [1.807, 2.05) is 26.0 Å². The van der Waals surface area contributed by atoms with E-state index in [9.17, 15) is 18.5 Å². The molecule has 25 heavy (non-hydrogen) atoms. The van der Waals surface area contributed by atoms with Crippen molar-refractivity contribution in [1.29, 1.82) is 0 Å². The number of nitro groups is 1. The first kappa shape index (κ1) is 18.7. The molecule has 1 atom stereocenters. The third kappa shape index (κ3) is 4.08. The highest BCUT2D eigenvalue weighted by Crippen LogP contribution is 2.34. The fraction of sp³-hybridized carbons (Fsp3) is 0.294. The van der Waals surface area contributed by atoms with E-state index in [2.05, 4.69) is 0 Å². The Bertz CT molecular complexity index is 878. The van der Waals surface area contributed by atoms with Crippen molar-refractivity contribution < 1.29 is 22.3 Å². The standard InChI is InChI=1S/C17H19NO6S/c1-4-12(2)14-7-5-6-8-15(14)24-25(21,22)17-10-9-13(18(19)20)11-16(17)23-3/h5-12H,4H2,1-3H3. The van der Waals surface area contributed by atoms with Crippen molar-refractivity contribution in [3.05, 3.63) is 58.1 Å². The number of nitro benzene ring substituents is 1. The highest BCUT2D eigenvalue weighted by atomic mass is 32.2. The van der Waals surface area contributed by atoms with Gasteiger partial charge in [-0.1, -0.05) is 32.0 Å². The van der Waals surface area contributed by atoms with E-state index in [1.54, 1.807) is 12.1 Å². The normalized spacial score (nSPS) is 12.4. The van der Waals surface area contributed by atoms with E-state index >= 15 is 0 Å². The molecule has 8 heteroatoms. The summed E-state index contributed by atoms with van der Waals surface area (Å²) in [6.45, 7) is 3.97. The molecule has 0 saturated heterocycles. The zero-order valence-electron chi connectivity index (χ0n) is 14.1. The van der Waals surface area contributed by atoms with Gasteiger partial charge in [0.25, 0.3) is 5.69 Å². The Morgan fingerprint density at radius 3 is 2.44 bits per heavy atom. The van der Waals surface area contributed by atoms with Gasteiger partial charge in [0.2, 0.25) is 0 Å². The average molecular weight is 365 g/mol. The van der Waals surface area contributed by atoms with Gasteiger partial charge >= 0.3 is 10.1 Å². The van der Waals surface area contributed by atoms with Crippen LogP contribution in [-0.2, 0) is 10.1 Å². The Morgan fingerprint density at radius 2 is 1.84 bits per heavy atom. The molecule has 0 aromatic heterocycles. The molecule has 0 fully saturated rings. The van der Waals surface area contributed by atoms with Crippen LogP contribution in [0.4, 0.5) is 5.69 Å². The zero-order chi connectivity index (χ0) is 18.6. The molecular formula is C17H19NO6S. The van der Waals surface area contributed by atoms with Gasteiger partial charge in [0.15, 0.2) is 0 Å². The molecule has 0 aliphatic heterocycles.